The Morgan fingerprint density at radius 2 is 2.33 bits per heavy atom. The van der Waals surface area contributed by atoms with E-state index in [-0.39, 0.29) is 0 Å². The highest BCUT2D eigenvalue weighted by atomic mass is 16.5. The quantitative estimate of drug-likeness (QED) is 0.781. The minimum atomic E-state index is 0.563. The molecular formula is C10H18N4O. The molecule has 2 rings (SSSR count). The molecule has 1 aromatic heterocycles. The lowest BCUT2D eigenvalue weighted by molar-refractivity contribution is 0.198. The van der Waals surface area contributed by atoms with Gasteiger partial charge in [0.25, 0.3) is 0 Å². The van der Waals surface area contributed by atoms with Crippen molar-refractivity contribution in [1.82, 2.24) is 20.1 Å². The van der Waals surface area contributed by atoms with Gasteiger partial charge < -0.3 is 14.6 Å². The Morgan fingerprint density at radius 1 is 1.53 bits per heavy atom. The first kappa shape index (κ1) is 10.6. The van der Waals surface area contributed by atoms with Crippen LogP contribution >= 0.6 is 0 Å². The van der Waals surface area contributed by atoms with Gasteiger partial charge in [0.2, 0.25) is 0 Å². The molecule has 1 fully saturated rings. The lowest BCUT2D eigenvalue weighted by Crippen LogP contribution is -2.30. The van der Waals surface area contributed by atoms with Gasteiger partial charge in [-0.25, -0.2) is 0 Å². The van der Waals surface area contributed by atoms with Crippen LogP contribution in [0.25, 0.3) is 0 Å². The molecule has 2 heterocycles. The van der Waals surface area contributed by atoms with Crippen LogP contribution in [-0.2, 0) is 11.2 Å². The minimum Gasteiger partial charge on any atom is -0.384 e. The second-order valence-corrected chi connectivity index (χ2v) is 3.88. The van der Waals surface area contributed by atoms with Crippen molar-refractivity contribution in [2.24, 2.45) is 0 Å². The molecule has 0 atom stereocenters. The molecule has 1 aliphatic heterocycles. The van der Waals surface area contributed by atoms with E-state index >= 15 is 0 Å². The summed E-state index contributed by atoms with van der Waals surface area (Å²) in [7, 11) is 1.71. The summed E-state index contributed by atoms with van der Waals surface area (Å²) in [5.74, 6) is 1.05. The van der Waals surface area contributed by atoms with Gasteiger partial charge in [0.05, 0.1) is 6.61 Å². The smallest absolute Gasteiger partial charge is 0.135 e. The maximum atomic E-state index is 5.06. The summed E-state index contributed by atoms with van der Waals surface area (Å²) in [4.78, 5) is 0. The van der Waals surface area contributed by atoms with Gasteiger partial charge in [-0.05, 0) is 25.9 Å². The van der Waals surface area contributed by atoms with Crippen LogP contribution in [0.3, 0.4) is 0 Å². The van der Waals surface area contributed by atoms with Crippen molar-refractivity contribution in [2.75, 3.05) is 26.8 Å². The molecule has 0 aromatic carbocycles. The molecule has 0 unspecified atom stereocenters. The number of nitrogens with zero attached hydrogens (tertiary/aromatic N) is 3. The van der Waals surface area contributed by atoms with E-state index < -0.39 is 0 Å². The van der Waals surface area contributed by atoms with Crippen LogP contribution in [0.2, 0.25) is 0 Å². The van der Waals surface area contributed by atoms with Gasteiger partial charge in [0, 0.05) is 19.6 Å². The summed E-state index contributed by atoms with van der Waals surface area (Å²) in [6.07, 6.45) is 5.03. The second-order valence-electron chi connectivity index (χ2n) is 3.88. The van der Waals surface area contributed by atoms with Gasteiger partial charge in [-0.15, -0.1) is 10.2 Å². The third kappa shape index (κ3) is 2.54. The number of piperidine rings is 1. The van der Waals surface area contributed by atoms with Crippen LogP contribution in [0.4, 0.5) is 0 Å². The predicted octanol–water partition coefficient (Wildman–Crippen LogP) is 0.392. The molecule has 0 amide bonds. The molecule has 5 nitrogen and oxygen atoms in total. The molecule has 0 radical (unpaired) electrons. The highest BCUT2D eigenvalue weighted by Gasteiger charge is 2.17. The van der Waals surface area contributed by atoms with Crippen LogP contribution in [-0.4, -0.2) is 41.6 Å². The fourth-order valence-electron chi connectivity index (χ4n) is 2.03. The molecule has 84 valence electrons. The van der Waals surface area contributed by atoms with E-state index in [9.17, 15) is 0 Å². The van der Waals surface area contributed by atoms with Crippen LogP contribution in [0.5, 0.6) is 0 Å². The van der Waals surface area contributed by atoms with Gasteiger partial charge in [-0.1, -0.05) is 0 Å². The molecule has 1 saturated heterocycles. The Hall–Kier alpha value is -0.940. The highest BCUT2D eigenvalue weighted by molar-refractivity contribution is 4.91. The molecule has 1 aliphatic rings. The molecule has 5 heteroatoms. The van der Waals surface area contributed by atoms with Crippen molar-refractivity contribution in [2.45, 2.75) is 25.3 Å². The summed E-state index contributed by atoms with van der Waals surface area (Å²) in [5, 5.41) is 11.5. The number of aromatic nitrogens is 3. The molecule has 1 aromatic rings. The predicted molar refractivity (Wildman–Crippen MR) is 56.7 cm³/mol. The zero-order valence-corrected chi connectivity index (χ0v) is 9.15. The lowest BCUT2D eigenvalue weighted by Gasteiger charge is -2.24. The summed E-state index contributed by atoms with van der Waals surface area (Å²) in [6.45, 7) is 2.89. The number of methoxy groups -OCH3 is 1. The van der Waals surface area contributed by atoms with Crippen molar-refractivity contribution >= 4 is 0 Å². The van der Waals surface area contributed by atoms with Gasteiger partial charge in [0.15, 0.2) is 0 Å². The van der Waals surface area contributed by atoms with Gasteiger partial charge >= 0.3 is 0 Å². The first-order chi connectivity index (χ1) is 7.42. The van der Waals surface area contributed by atoms with Gasteiger partial charge in [-0.3, -0.25) is 0 Å². The zero-order valence-electron chi connectivity index (χ0n) is 9.15. The average Bonchev–Trinajstić information content (AvgIpc) is 2.75. The summed E-state index contributed by atoms with van der Waals surface area (Å²) in [6, 6.07) is 0.563. The Bertz CT molecular complexity index is 293. The van der Waals surface area contributed by atoms with Crippen molar-refractivity contribution < 1.29 is 4.74 Å². The molecule has 15 heavy (non-hydrogen) atoms. The Labute approximate surface area is 89.8 Å². The van der Waals surface area contributed by atoms with E-state index in [4.69, 9.17) is 4.74 Å². The Kier molecular flexibility index (Phi) is 3.69. The van der Waals surface area contributed by atoms with Gasteiger partial charge in [-0.2, -0.15) is 0 Å². The van der Waals surface area contributed by atoms with Crippen LogP contribution < -0.4 is 5.32 Å². The number of rotatable bonds is 4. The normalized spacial score (nSPS) is 18.2. The third-order valence-electron chi connectivity index (χ3n) is 2.88. The first-order valence-electron chi connectivity index (χ1n) is 5.50. The molecule has 0 saturated carbocycles. The average molecular weight is 210 g/mol. The third-order valence-corrected chi connectivity index (χ3v) is 2.88. The van der Waals surface area contributed by atoms with E-state index in [0.717, 1.165) is 38.2 Å². The SMILES string of the molecule is COCCc1nncn1C1CCNCC1. The summed E-state index contributed by atoms with van der Waals surface area (Å²) in [5.41, 5.74) is 0. The zero-order chi connectivity index (χ0) is 10.5. The van der Waals surface area contributed by atoms with E-state index in [0.29, 0.717) is 12.6 Å². The number of ether oxygens (including phenoxy) is 1. The van der Waals surface area contributed by atoms with E-state index in [1.165, 1.54) is 0 Å². The minimum absolute atomic E-state index is 0.563. The number of hydrogen-bond acceptors (Lipinski definition) is 4. The fourth-order valence-corrected chi connectivity index (χ4v) is 2.03. The first-order valence-corrected chi connectivity index (χ1v) is 5.50. The van der Waals surface area contributed by atoms with Crippen LogP contribution in [0.15, 0.2) is 6.33 Å². The number of hydrogen-bond donors (Lipinski definition) is 1. The monoisotopic (exact) mass is 210 g/mol. The van der Waals surface area contributed by atoms with E-state index in [1.54, 1.807) is 7.11 Å². The molecule has 0 spiro atoms. The van der Waals surface area contributed by atoms with Crippen molar-refractivity contribution in [3.63, 3.8) is 0 Å². The maximum absolute atomic E-state index is 5.06. The van der Waals surface area contributed by atoms with Crippen molar-refractivity contribution in [3.05, 3.63) is 12.2 Å². The van der Waals surface area contributed by atoms with Crippen molar-refractivity contribution in [3.8, 4) is 0 Å². The van der Waals surface area contributed by atoms with Crippen LogP contribution in [0, 0.1) is 0 Å². The maximum Gasteiger partial charge on any atom is 0.135 e. The van der Waals surface area contributed by atoms with E-state index in [1.807, 2.05) is 6.33 Å². The fraction of sp³-hybridized carbons (Fsp3) is 0.800. The van der Waals surface area contributed by atoms with E-state index in [2.05, 4.69) is 20.1 Å². The highest BCUT2D eigenvalue weighted by Crippen LogP contribution is 2.19. The summed E-state index contributed by atoms with van der Waals surface area (Å²) >= 11 is 0. The van der Waals surface area contributed by atoms with Gasteiger partial charge in [0.1, 0.15) is 12.2 Å². The molecule has 1 N–H and O–H groups in total. The van der Waals surface area contributed by atoms with Crippen molar-refractivity contribution in [1.29, 1.82) is 0 Å². The largest absolute Gasteiger partial charge is 0.384 e. The standard InChI is InChI=1S/C10H18N4O/c1-15-7-4-10-13-12-8-14(10)9-2-5-11-6-3-9/h8-9,11H,2-7H2,1H3. The second kappa shape index (κ2) is 5.23. The summed E-state index contributed by atoms with van der Waals surface area (Å²) < 4.78 is 7.27. The molecule has 0 bridgehead atoms. The molecule has 0 aliphatic carbocycles. The molecular weight excluding hydrogens is 192 g/mol. The topological polar surface area (TPSA) is 52.0 Å². The number of nitrogens with one attached hydrogen (secondary N) is 1. The Morgan fingerprint density at radius 3 is 3.07 bits per heavy atom. The Balaban J connectivity index is 2.02. The lowest BCUT2D eigenvalue weighted by atomic mass is 10.1. The van der Waals surface area contributed by atoms with Crippen LogP contribution in [0.1, 0.15) is 24.7 Å².